The van der Waals surface area contributed by atoms with Crippen LogP contribution in [-0.2, 0) is 42.4 Å². The predicted octanol–water partition coefficient (Wildman–Crippen LogP) is 2.58. The molecule has 0 unspecified atom stereocenters. The van der Waals surface area contributed by atoms with Gasteiger partial charge in [0, 0.05) is 70.8 Å². The zero-order valence-corrected chi connectivity index (χ0v) is 28.1. The van der Waals surface area contributed by atoms with E-state index in [4.69, 9.17) is 9.47 Å². The molecule has 2 bridgehead atoms. The molecule has 2 aromatic heterocycles. The second-order valence-electron chi connectivity index (χ2n) is 11.9. The van der Waals surface area contributed by atoms with E-state index < -0.39 is 11.9 Å². The van der Waals surface area contributed by atoms with Crippen molar-refractivity contribution < 1.29 is 23.9 Å². The van der Waals surface area contributed by atoms with Crippen LogP contribution in [0.15, 0.2) is 54.7 Å². The molecule has 13 nitrogen and oxygen atoms in total. The van der Waals surface area contributed by atoms with Gasteiger partial charge < -0.3 is 25.0 Å². The molecule has 2 N–H and O–H groups in total. The Labute approximate surface area is 280 Å². The summed E-state index contributed by atoms with van der Waals surface area (Å²) in [5.41, 5.74) is 4.94. The Morgan fingerprint density at radius 3 is 2.62 bits per heavy atom. The fourth-order valence-corrected chi connectivity index (χ4v) is 5.88. The van der Waals surface area contributed by atoms with E-state index >= 15 is 0 Å². The average Bonchev–Trinajstić information content (AvgIpc) is 3.64. The summed E-state index contributed by atoms with van der Waals surface area (Å²) in [6, 6.07) is 13.7. The van der Waals surface area contributed by atoms with Gasteiger partial charge in [-0.2, -0.15) is 5.10 Å². The number of para-hydroxylation sites is 1. The number of ether oxygens (including phenoxy) is 2. The lowest BCUT2D eigenvalue weighted by molar-refractivity contribution is -0.131. The lowest BCUT2D eigenvalue weighted by Gasteiger charge is -2.24. The number of fused-ring (bicyclic) bond motifs is 3. The van der Waals surface area contributed by atoms with Crippen LogP contribution in [0.4, 0.5) is 0 Å². The summed E-state index contributed by atoms with van der Waals surface area (Å²) < 4.78 is 15.2. The van der Waals surface area contributed by atoms with Gasteiger partial charge in [-0.15, -0.1) is 5.10 Å². The molecule has 13 heteroatoms. The number of hydrogen-bond donors (Lipinski definition) is 2. The maximum Gasteiger partial charge on any atom is 0.255 e. The fourth-order valence-electron chi connectivity index (χ4n) is 5.88. The van der Waals surface area contributed by atoms with E-state index in [-0.39, 0.29) is 30.3 Å². The molecule has 3 heterocycles. The van der Waals surface area contributed by atoms with Crippen molar-refractivity contribution in [1.82, 2.24) is 40.3 Å². The fraction of sp³-hybridized carbons (Fsp3) is 0.429. The topological polar surface area (TPSA) is 146 Å². The van der Waals surface area contributed by atoms with Crippen LogP contribution in [0.25, 0.3) is 0 Å². The third-order valence-electron chi connectivity index (χ3n) is 8.63. The highest BCUT2D eigenvalue weighted by atomic mass is 16.5. The molecule has 0 saturated carbocycles. The molecule has 48 heavy (non-hydrogen) atoms. The van der Waals surface area contributed by atoms with Crippen LogP contribution in [-0.4, -0.2) is 86.8 Å². The lowest BCUT2D eigenvalue weighted by Crippen LogP contribution is -2.50. The van der Waals surface area contributed by atoms with Gasteiger partial charge in [-0.3, -0.25) is 23.7 Å². The number of aromatic nitrogens is 5. The van der Waals surface area contributed by atoms with Crippen LogP contribution in [0.1, 0.15) is 51.4 Å². The minimum absolute atomic E-state index is 0.0259. The van der Waals surface area contributed by atoms with Crippen molar-refractivity contribution in [3.63, 3.8) is 0 Å². The molecule has 0 radical (unpaired) electrons. The van der Waals surface area contributed by atoms with E-state index in [1.807, 2.05) is 62.1 Å². The van der Waals surface area contributed by atoms with Crippen molar-refractivity contribution in [2.75, 3.05) is 33.4 Å². The molecule has 2 aromatic carbocycles. The summed E-state index contributed by atoms with van der Waals surface area (Å²) >= 11 is 0. The minimum atomic E-state index is -0.879. The zero-order chi connectivity index (χ0) is 34.0. The number of nitrogens with zero attached hydrogens (tertiary/aromatic N) is 6. The molecule has 0 fully saturated rings. The van der Waals surface area contributed by atoms with Gasteiger partial charge in [-0.05, 0) is 43.5 Å². The number of benzene rings is 2. The molecule has 254 valence electrons. The van der Waals surface area contributed by atoms with Crippen molar-refractivity contribution in [3.8, 4) is 11.5 Å². The van der Waals surface area contributed by atoms with E-state index in [0.29, 0.717) is 63.4 Å². The van der Waals surface area contributed by atoms with Gasteiger partial charge in [0.25, 0.3) is 5.91 Å². The Kier molecular flexibility index (Phi) is 11.4. The first-order valence-electron chi connectivity index (χ1n) is 16.3. The first kappa shape index (κ1) is 34.1. The summed E-state index contributed by atoms with van der Waals surface area (Å²) in [5, 5.41) is 18.9. The molecule has 1 aliphatic rings. The lowest BCUT2D eigenvalue weighted by atomic mass is 10.0. The number of methoxy groups -OCH3 is 1. The van der Waals surface area contributed by atoms with Crippen molar-refractivity contribution in [2.45, 2.75) is 58.5 Å². The number of amides is 3. The number of aryl methyl sites for hydroxylation is 3. The average molecular weight is 657 g/mol. The van der Waals surface area contributed by atoms with Crippen molar-refractivity contribution in [2.24, 2.45) is 7.05 Å². The predicted molar refractivity (Wildman–Crippen MR) is 179 cm³/mol. The monoisotopic (exact) mass is 656 g/mol. The maximum atomic E-state index is 13.7. The molecule has 1 aliphatic heterocycles. The highest BCUT2D eigenvalue weighted by molar-refractivity contribution is 6.00. The van der Waals surface area contributed by atoms with E-state index in [9.17, 15) is 14.4 Å². The number of carbonyl (C=O) groups is 3. The van der Waals surface area contributed by atoms with Crippen LogP contribution in [0.5, 0.6) is 11.5 Å². The van der Waals surface area contributed by atoms with Gasteiger partial charge in [-0.1, -0.05) is 41.6 Å². The van der Waals surface area contributed by atoms with Crippen LogP contribution in [0.3, 0.4) is 0 Å². The van der Waals surface area contributed by atoms with Gasteiger partial charge >= 0.3 is 0 Å². The van der Waals surface area contributed by atoms with Crippen LogP contribution >= 0.6 is 0 Å². The largest absolute Gasteiger partial charge is 0.493 e. The Morgan fingerprint density at radius 2 is 1.88 bits per heavy atom. The highest BCUT2D eigenvalue weighted by Crippen LogP contribution is 2.31. The Bertz CT molecular complexity index is 1720. The number of carbonyl (C=O) groups excluding carboxylic acids is 3. The highest BCUT2D eigenvalue weighted by Gasteiger charge is 2.26. The summed E-state index contributed by atoms with van der Waals surface area (Å²) in [4.78, 5) is 42.7. The molecule has 4 aromatic rings. The Hall–Kier alpha value is -5.20. The van der Waals surface area contributed by atoms with Gasteiger partial charge in [0.1, 0.15) is 6.04 Å². The van der Waals surface area contributed by atoms with Gasteiger partial charge in [0.2, 0.25) is 11.8 Å². The third-order valence-corrected chi connectivity index (χ3v) is 8.63. The maximum absolute atomic E-state index is 13.7. The quantitative estimate of drug-likeness (QED) is 0.322. The van der Waals surface area contributed by atoms with Gasteiger partial charge in [0.05, 0.1) is 30.7 Å². The Morgan fingerprint density at radius 1 is 1.06 bits per heavy atom. The van der Waals surface area contributed by atoms with Crippen molar-refractivity contribution in [3.05, 3.63) is 88.5 Å². The van der Waals surface area contributed by atoms with Crippen LogP contribution in [0.2, 0.25) is 0 Å². The normalized spacial score (nSPS) is 16.4. The second kappa shape index (κ2) is 16.1. The first-order chi connectivity index (χ1) is 23.2. The first-order valence-corrected chi connectivity index (χ1v) is 16.3. The van der Waals surface area contributed by atoms with Crippen LogP contribution in [0, 0.1) is 13.8 Å². The summed E-state index contributed by atoms with van der Waals surface area (Å²) in [6.45, 7) is 5.72. The third kappa shape index (κ3) is 8.58. The van der Waals surface area contributed by atoms with Crippen LogP contribution < -0.4 is 20.1 Å². The molecule has 0 aliphatic carbocycles. The van der Waals surface area contributed by atoms with Crippen molar-refractivity contribution >= 4 is 17.7 Å². The molecular weight excluding hydrogens is 612 g/mol. The summed E-state index contributed by atoms with van der Waals surface area (Å²) in [6.07, 6.45) is 4.14. The molecule has 0 saturated heterocycles. The van der Waals surface area contributed by atoms with E-state index in [1.165, 1.54) is 7.11 Å². The number of hydrogen-bond acceptors (Lipinski definition) is 8. The molecule has 5 rings (SSSR count). The van der Waals surface area contributed by atoms with Gasteiger partial charge in [-0.25, -0.2) is 0 Å². The minimum Gasteiger partial charge on any atom is -0.493 e. The standard InChI is InChI=1S/C35H44N8O5/c1-24-28(25(2)41(3)39-24)14-15-32(44)42-19-16-27-23-43(40-38-27)18-9-21-48-33-29(12-8-13-31(33)47-4)34(45)37-30(35(46)36-17-20-42)22-26-10-6-5-7-11-26/h5-8,10-13,23,30H,9,14-22H2,1-4H3,(H,36,46)(H,37,45)/t30-/m0/s1. The zero-order valence-electron chi connectivity index (χ0n) is 28.1. The molecule has 3 amide bonds. The van der Waals surface area contributed by atoms with Gasteiger partial charge in [0.15, 0.2) is 11.5 Å². The number of nitrogens with one attached hydrogen (secondary N) is 2. The SMILES string of the molecule is COc1cccc2c1OCCCn1cc(nn1)CCN(C(=O)CCc1c(C)nn(C)c1C)CCNC(=O)[C@H](Cc1ccccc1)NC2=O. The molecule has 1 atom stereocenters. The number of rotatable bonds is 6. The second-order valence-corrected chi connectivity index (χ2v) is 11.9. The summed E-state index contributed by atoms with van der Waals surface area (Å²) in [7, 11) is 3.42. The van der Waals surface area contributed by atoms with E-state index in [2.05, 4.69) is 26.0 Å². The molecule has 0 spiro atoms. The smallest absolute Gasteiger partial charge is 0.255 e. The summed E-state index contributed by atoms with van der Waals surface area (Å²) in [5.74, 6) is -0.121. The molecular formula is C35H44N8O5. The van der Waals surface area contributed by atoms with E-state index in [1.54, 1.807) is 27.8 Å². The Balaban J connectivity index is 1.37. The van der Waals surface area contributed by atoms with E-state index in [0.717, 1.165) is 28.2 Å². The van der Waals surface area contributed by atoms with Crippen molar-refractivity contribution in [1.29, 1.82) is 0 Å².